The highest BCUT2D eigenvalue weighted by atomic mass is 32.1. The van der Waals surface area contributed by atoms with Gasteiger partial charge in [0.05, 0.1) is 16.8 Å². The molecule has 9 heteroatoms. The van der Waals surface area contributed by atoms with E-state index in [0.29, 0.717) is 12.1 Å². The second-order valence-corrected chi connectivity index (χ2v) is 6.43. The molecule has 2 aromatic heterocycles. The number of nitrogens with one attached hydrogen (secondary N) is 2. The second-order valence-electron chi connectivity index (χ2n) is 5.32. The summed E-state index contributed by atoms with van der Waals surface area (Å²) in [7, 11) is 0. The number of nitrogens with zero attached hydrogens (tertiary/aromatic N) is 2. The molecule has 136 valence electrons. The van der Waals surface area contributed by atoms with Crippen LogP contribution in [0.1, 0.15) is 10.6 Å². The molecule has 0 aliphatic heterocycles. The van der Waals surface area contributed by atoms with E-state index in [4.69, 9.17) is 4.74 Å². The van der Waals surface area contributed by atoms with E-state index in [2.05, 4.69) is 20.6 Å². The van der Waals surface area contributed by atoms with Crippen molar-refractivity contribution < 1.29 is 18.3 Å². The second kappa shape index (κ2) is 8.52. The minimum absolute atomic E-state index is 0.0967. The predicted octanol–water partition coefficient (Wildman–Crippen LogP) is 3.33. The van der Waals surface area contributed by atoms with Crippen molar-refractivity contribution in [3.63, 3.8) is 0 Å². The molecule has 0 atom stereocenters. The van der Waals surface area contributed by atoms with Crippen LogP contribution in [0.25, 0.3) is 10.2 Å². The largest absolute Gasteiger partial charge is 0.472 e. The third kappa shape index (κ3) is 5.09. The van der Waals surface area contributed by atoms with Crippen molar-refractivity contribution in [2.45, 2.75) is 19.5 Å². The van der Waals surface area contributed by atoms with Crippen molar-refractivity contribution >= 4 is 27.6 Å². The van der Waals surface area contributed by atoms with E-state index in [1.165, 1.54) is 23.6 Å². The average Bonchev–Trinajstić information content (AvgIpc) is 3.06. The number of hydrogen-bond acceptors (Lipinski definition) is 5. The van der Waals surface area contributed by atoms with Gasteiger partial charge in [-0.1, -0.05) is 12.1 Å². The van der Waals surface area contributed by atoms with Crippen LogP contribution in [0.15, 0.2) is 42.6 Å². The molecule has 0 aliphatic rings. The number of aromatic nitrogens is 2. The molecule has 3 rings (SSSR count). The van der Waals surface area contributed by atoms with Gasteiger partial charge in [-0.3, -0.25) is 0 Å². The molecule has 0 saturated heterocycles. The smallest absolute Gasteiger partial charge is 0.315 e. The number of carbonyl (C=O) groups is 1. The first-order valence-corrected chi connectivity index (χ1v) is 8.64. The lowest BCUT2D eigenvalue weighted by Crippen LogP contribution is -2.34. The van der Waals surface area contributed by atoms with Crippen molar-refractivity contribution in [1.29, 1.82) is 0 Å². The molecule has 2 heterocycles. The molecule has 0 saturated carbocycles. The molecule has 26 heavy (non-hydrogen) atoms. The lowest BCUT2D eigenvalue weighted by Gasteiger charge is -2.08. The summed E-state index contributed by atoms with van der Waals surface area (Å²) in [6, 6.07) is 10.6. The van der Waals surface area contributed by atoms with Crippen LogP contribution >= 0.6 is 11.3 Å². The minimum Gasteiger partial charge on any atom is -0.472 e. The maximum Gasteiger partial charge on any atom is 0.315 e. The van der Waals surface area contributed by atoms with Gasteiger partial charge in [-0.15, -0.1) is 11.3 Å². The fourth-order valence-corrected chi connectivity index (χ4v) is 3.09. The number of fused-ring (bicyclic) bond motifs is 1. The first-order valence-electron chi connectivity index (χ1n) is 7.82. The Bertz CT molecular complexity index is 855. The molecular formula is C17H16F2N4O2S. The van der Waals surface area contributed by atoms with E-state index < -0.39 is 13.0 Å². The van der Waals surface area contributed by atoms with E-state index in [1.807, 2.05) is 24.3 Å². The van der Waals surface area contributed by atoms with Gasteiger partial charge in [0.15, 0.2) is 6.61 Å². The van der Waals surface area contributed by atoms with Gasteiger partial charge < -0.3 is 15.4 Å². The molecule has 0 aliphatic carbocycles. The van der Waals surface area contributed by atoms with Crippen LogP contribution in [0, 0.1) is 0 Å². The lowest BCUT2D eigenvalue weighted by molar-refractivity contribution is 0.0795. The van der Waals surface area contributed by atoms with E-state index in [1.54, 1.807) is 6.07 Å². The minimum atomic E-state index is -2.56. The van der Waals surface area contributed by atoms with Crippen LogP contribution in [0.5, 0.6) is 5.88 Å². The molecule has 0 radical (unpaired) electrons. The van der Waals surface area contributed by atoms with Crippen LogP contribution in [-0.4, -0.2) is 29.0 Å². The zero-order valence-electron chi connectivity index (χ0n) is 13.6. The monoisotopic (exact) mass is 378 g/mol. The summed E-state index contributed by atoms with van der Waals surface area (Å²) in [5.41, 5.74) is 1.60. The molecule has 2 N–H and O–H groups in total. The number of halogens is 2. The van der Waals surface area contributed by atoms with E-state index in [9.17, 15) is 13.6 Å². The quantitative estimate of drug-likeness (QED) is 0.661. The molecule has 3 aromatic rings. The summed E-state index contributed by atoms with van der Waals surface area (Å²) in [6.07, 6.45) is -1.12. The molecule has 0 unspecified atom stereocenters. The summed E-state index contributed by atoms with van der Waals surface area (Å²) in [5.74, 6) is 0.0967. The Balaban J connectivity index is 1.47. The van der Waals surface area contributed by atoms with Gasteiger partial charge in [0.1, 0.15) is 5.01 Å². The first-order chi connectivity index (χ1) is 12.6. The predicted molar refractivity (Wildman–Crippen MR) is 94.4 cm³/mol. The van der Waals surface area contributed by atoms with Gasteiger partial charge in [0.25, 0.3) is 6.43 Å². The molecule has 0 fully saturated rings. The maximum absolute atomic E-state index is 12.1. The number of amides is 2. The molecule has 6 nitrogen and oxygen atoms in total. The van der Waals surface area contributed by atoms with Gasteiger partial charge in [0, 0.05) is 18.8 Å². The number of pyridine rings is 1. The molecule has 1 aromatic carbocycles. The van der Waals surface area contributed by atoms with Gasteiger partial charge in [0.2, 0.25) is 5.88 Å². The summed E-state index contributed by atoms with van der Waals surface area (Å²) >= 11 is 1.52. The highest BCUT2D eigenvalue weighted by molar-refractivity contribution is 7.18. The Hall–Kier alpha value is -2.81. The highest BCUT2D eigenvalue weighted by Crippen LogP contribution is 2.21. The lowest BCUT2D eigenvalue weighted by atomic mass is 10.2. The number of thiazole rings is 1. The summed E-state index contributed by atoms with van der Waals surface area (Å²) in [6.45, 7) is -0.171. The Morgan fingerprint density at radius 3 is 2.81 bits per heavy atom. The number of carbonyl (C=O) groups excluding carboxylic acids is 1. The number of urea groups is 1. The zero-order valence-corrected chi connectivity index (χ0v) is 14.4. The van der Waals surface area contributed by atoms with Crippen LogP contribution in [0.4, 0.5) is 13.6 Å². The van der Waals surface area contributed by atoms with Crippen molar-refractivity contribution in [1.82, 2.24) is 20.6 Å². The number of ether oxygens (including phenoxy) is 1. The number of para-hydroxylation sites is 1. The van der Waals surface area contributed by atoms with Gasteiger partial charge >= 0.3 is 6.03 Å². The number of rotatable bonds is 7. The SMILES string of the molecule is O=C(NCc1ccnc(OCC(F)F)c1)NCc1nc2ccccc2s1. The normalized spacial score (nSPS) is 10.9. The van der Waals surface area contributed by atoms with Gasteiger partial charge in [-0.2, -0.15) is 0 Å². The third-order valence-electron chi connectivity index (χ3n) is 3.35. The Morgan fingerprint density at radius 2 is 2.00 bits per heavy atom. The fourth-order valence-electron chi connectivity index (χ4n) is 2.18. The van der Waals surface area contributed by atoms with Gasteiger partial charge in [-0.25, -0.2) is 23.5 Å². The van der Waals surface area contributed by atoms with E-state index in [-0.39, 0.29) is 18.5 Å². The van der Waals surface area contributed by atoms with Crippen molar-refractivity contribution in [3.8, 4) is 5.88 Å². The van der Waals surface area contributed by atoms with Crippen molar-refractivity contribution in [3.05, 3.63) is 53.2 Å². The third-order valence-corrected chi connectivity index (χ3v) is 4.38. The Labute approximate surface area is 152 Å². The highest BCUT2D eigenvalue weighted by Gasteiger charge is 2.07. The van der Waals surface area contributed by atoms with E-state index >= 15 is 0 Å². The fraction of sp³-hybridized carbons (Fsp3) is 0.235. The zero-order chi connectivity index (χ0) is 18.4. The maximum atomic E-state index is 12.1. The molecule has 0 spiro atoms. The summed E-state index contributed by atoms with van der Waals surface area (Å²) < 4.78 is 30.2. The average molecular weight is 378 g/mol. The molecule has 2 amide bonds. The molecule has 0 bridgehead atoms. The van der Waals surface area contributed by atoms with Crippen LogP contribution in [0.3, 0.4) is 0 Å². The summed E-state index contributed by atoms with van der Waals surface area (Å²) in [4.78, 5) is 20.2. The van der Waals surface area contributed by atoms with Crippen molar-refractivity contribution in [2.24, 2.45) is 0 Å². The van der Waals surface area contributed by atoms with E-state index in [0.717, 1.165) is 15.2 Å². The molecular weight excluding hydrogens is 362 g/mol. The Kier molecular flexibility index (Phi) is 5.90. The van der Waals surface area contributed by atoms with Crippen molar-refractivity contribution in [2.75, 3.05) is 6.61 Å². The number of alkyl halides is 2. The number of benzene rings is 1. The summed E-state index contributed by atoms with van der Waals surface area (Å²) in [5, 5.41) is 6.24. The standard InChI is InChI=1S/C17H16F2N4O2S/c18-14(19)10-25-15-7-11(5-6-20-15)8-21-17(24)22-9-16-23-12-3-1-2-4-13(12)26-16/h1-7,14H,8-10H2,(H2,21,22,24). The topological polar surface area (TPSA) is 76.1 Å². The Morgan fingerprint density at radius 1 is 1.19 bits per heavy atom. The number of hydrogen-bond donors (Lipinski definition) is 2. The van der Waals surface area contributed by atoms with Crippen LogP contribution < -0.4 is 15.4 Å². The first kappa shape index (κ1) is 18.0. The van der Waals surface area contributed by atoms with Gasteiger partial charge in [-0.05, 0) is 23.8 Å². The van der Waals surface area contributed by atoms with Crippen LogP contribution in [-0.2, 0) is 13.1 Å². The van der Waals surface area contributed by atoms with Crippen LogP contribution in [0.2, 0.25) is 0 Å².